The van der Waals surface area contributed by atoms with Crippen molar-refractivity contribution in [3.8, 4) is 0 Å². The third kappa shape index (κ3) is 5.84. The van der Waals surface area contributed by atoms with Gasteiger partial charge in [0.2, 0.25) is 5.91 Å². The van der Waals surface area contributed by atoms with Gasteiger partial charge < -0.3 is 24.7 Å². The summed E-state index contributed by atoms with van der Waals surface area (Å²) in [5.41, 5.74) is -0.358. The van der Waals surface area contributed by atoms with Gasteiger partial charge in [0.15, 0.2) is 0 Å². The van der Waals surface area contributed by atoms with Crippen molar-refractivity contribution in [2.75, 3.05) is 12.4 Å². The molecule has 1 fully saturated rings. The molecule has 0 aliphatic carbocycles. The van der Waals surface area contributed by atoms with Crippen LogP contribution >= 0.6 is 11.8 Å². The van der Waals surface area contributed by atoms with Crippen LogP contribution in [0.15, 0.2) is 71.9 Å². The number of aliphatic carboxylic acids is 1. The van der Waals surface area contributed by atoms with E-state index in [0.717, 1.165) is 16.0 Å². The fourth-order valence-electron chi connectivity index (χ4n) is 3.97. The second kappa shape index (κ2) is 12.1. The van der Waals surface area contributed by atoms with E-state index in [1.54, 1.807) is 24.3 Å². The first kappa shape index (κ1) is 27.9. The number of carboxylic acids is 1. The summed E-state index contributed by atoms with van der Waals surface area (Å²) in [5.74, 6) is -3.17. The summed E-state index contributed by atoms with van der Waals surface area (Å²) in [4.78, 5) is 50.6. The molecule has 0 aromatic heterocycles. The van der Waals surface area contributed by atoms with Crippen LogP contribution in [-0.4, -0.2) is 52.1 Å². The average Bonchev–Trinajstić information content (AvgIpc) is 2.85. The maximum Gasteiger partial charge on any atom is 1.00 e. The van der Waals surface area contributed by atoms with Gasteiger partial charge in [-0.3, -0.25) is 19.3 Å². The van der Waals surface area contributed by atoms with Crippen LogP contribution in [0, 0.1) is 0 Å². The van der Waals surface area contributed by atoms with Crippen LogP contribution in [0.4, 0.5) is 0 Å². The van der Waals surface area contributed by atoms with E-state index in [1.165, 1.54) is 18.7 Å². The second-order valence-electron chi connectivity index (χ2n) is 8.08. The monoisotopic (exact) mass is 518 g/mol. The number of rotatable bonds is 9. The van der Waals surface area contributed by atoms with Gasteiger partial charge >= 0.3 is 35.5 Å². The Morgan fingerprint density at radius 2 is 1.67 bits per heavy atom. The Bertz CT molecular complexity index is 1180. The van der Waals surface area contributed by atoms with E-state index in [9.17, 15) is 24.3 Å². The number of hydrogen-bond acceptors (Lipinski definition) is 8. The number of carbonyl (C=O) groups excluding carboxylic acids is 4. The van der Waals surface area contributed by atoms with E-state index in [1.807, 2.05) is 36.4 Å². The van der Waals surface area contributed by atoms with Gasteiger partial charge in [0, 0.05) is 18.2 Å². The summed E-state index contributed by atoms with van der Waals surface area (Å²) >= 11 is 1.21. The molecule has 0 spiro atoms. The van der Waals surface area contributed by atoms with E-state index in [0.29, 0.717) is 0 Å². The number of hydrogen-bond donors (Lipinski definition) is 1. The Labute approximate surface area is 234 Å². The molecule has 2 aliphatic heterocycles. The van der Waals surface area contributed by atoms with Gasteiger partial charge in [-0.2, -0.15) is 0 Å². The number of nitrogens with zero attached hydrogens (tertiary/aromatic N) is 1. The molecule has 0 unspecified atom stereocenters. The molecular formula is C25H23N2NaO7S. The smallest absolute Gasteiger partial charge is 0.543 e. The topological polar surface area (TPSA) is 125 Å². The Hall–Kier alpha value is -2.63. The SMILES string of the molecule is CC(=O)OCC1=C(C(=O)[O-])N2C(=O)[C@](NC(=O)Cc3ccccc3)(OCc3ccccc3)[C@H]2SC1.[Na+]. The fraction of sp³-hybridized carbons (Fsp3) is 0.280. The molecule has 2 aromatic rings. The molecule has 0 bridgehead atoms. The summed E-state index contributed by atoms with van der Waals surface area (Å²) in [7, 11) is 0. The molecule has 36 heavy (non-hydrogen) atoms. The van der Waals surface area contributed by atoms with Crippen molar-refractivity contribution in [3.63, 3.8) is 0 Å². The molecule has 1 N–H and O–H groups in total. The van der Waals surface area contributed by atoms with E-state index >= 15 is 0 Å². The van der Waals surface area contributed by atoms with E-state index in [4.69, 9.17) is 9.47 Å². The van der Waals surface area contributed by atoms with Gasteiger partial charge in [-0.25, -0.2) is 0 Å². The number of fused-ring (bicyclic) bond motifs is 1. The predicted octanol–water partition coefficient (Wildman–Crippen LogP) is -2.26. The van der Waals surface area contributed by atoms with Crippen molar-refractivity contribution >= 4 is 35.5 Å². The zero-order valence-electron chi connectivity index (χ0n) is 19.9. The first-order valence-electron chi connectivity index (χ1n) is 10.9. The second-order valence-corrected chi connectivity index (χ2v) is 9.15. The van der Waals surface area contributed by atoms with Crippen LogP contribution in [-0.2, 0) is 41.7 Å². The van der Waals surface area contributed by atoms with E-state index in [-0.39, 0.29) is 66.2 Å². The quantitative estimate of drug-likeness (QED) is 0.171. The first-order valence-corrected chi connectivity index (χ1v) is 11.9. The number of β-lactam (4-membered cyclic amide) rings is 1. The van der Waals surface area contributed by atoms with Gasteiger partial charge in [-0.1, -0.05) is 60.7 Å². The number of nitrogens with one attached hydrogen (secondary N) is 1. The van der Waals surface area contributed by atoms with Crippen molar-refractivity contribution in [1.82, 2.24) is 10.2 Å². The van der Waals surface area contributed by atoms with Crippen LogP contribution in [0.1, 0.15) is 18.1 Å². The molecule has 4 rings (SSSR count). The van der Waals surface area contributed by atoms with Crippen LogP contribution in [0.25, 0.3) is 0 Å². The van der Waals surface area contributed by atoms with Crippen LogP contribution in [0.5, 0.6) is 0 Å². The first-order chi connectivity index (χ1) is 16.8. The summed E-state index contributed by atoms with van der Waals surface area (Å²) in [6.07, 6.45) is 0.0167. The van der Waals surface area contributed by atoms with Crippen molar-refractivity contribution in [2.45, 2.75) is 31.1 Å². The van der Waals surface area contributed by atoms with E-state index in [2.05, 4.69) is 5.32 Å². The van der Waals surface area contributed by atoms with Gasteiger partial charge in [0.05, 0.1) is 24.7 Å². The summed E-state index contributed by atoms with van der Waals surface area (Å²) in [5, 5.41) is 13.8. The standard InChI is InChI=1S/C25H24N2O7S.Na/c1-16(28)33-14-19-15-35-24-25(23(32)27(24)21(19)22(30)31,34-13-18-10-6-3-7-11-18)26-20(29)12-17-8-4-2-5-9-17;/h2-11,24H,12-15H2,1H3,(H,26,29)(H,30,31);/q;+1/p-1/t24-,25+;/m1./s1. The maximum atomic E-state index is 13.5. The molecule has 2 heterocycles. The zero-order valence-corrected chi connectivity index (χ0v) is 22.7. The Morgan fingerprint density at radius 1 is 1.06 bits per heavy atom. The van der Waals surface area contributed by atoms with Gasteiger partial charge in [-0.05, 0) is 11.1 Å². The fourth-order valence-corrected chi connectivity index (χ4v) is 5.36. The van der Waals surface area contributed by atoms with Gasteiger partial charge in [0.25, 0.3) is 11.6 Å². The zero-order chi connectivity index (χ0) is 25.0. The number of carboxylic acid groups (broad SMARTS) is 1. The summed E-state index contributed by atoms with van der Waals surface area (Å²) in [6.45, 7) is 0.950. The minimum absolute atomic E-state index is 0. The maximum absolute atomic E-state index is 13.5. The molecule has 1 saturated heterocycles. The van der Waals surface area contributed by atoms with Crippen molar-refractivity contribution < 1.29 is 63.3 Å². The minimum atomic E-state index is -1.76. The Balaban J connectivity index is 0.00000361. The van der Waals surface area contributed by atoms with E-state index < -0.39 is 34.9 Å². The van der Waals surface area contributed by atoms with Crippen molar-refractivity contribution in [3.05, 3.63) is 83.1 Å². The van der Waals surface area contributed by atoms with Crippen LogP contribution in [0.2, 0.25) is 0 Å². The van der Waals surface area contributed by atoms with Crippen molar-refractivity contribution in [2.24, 2.45) is 0 Å². The predicted molar refractivity (Wildman–Crippen MR) is 124 cm³/mol. The molecule has 9 nitrogen and oxygen atoms in total. The third-order valence-electron chi connectivity index (χ3n) is 5.59. The molecule has 182 valence electrons. The number of carbonyl (C=O) groups is 4. The van der Waals surface area contributed by atoms with Crippen molar-refractivity contribution in [1.29, 1.82) is 0 Å². The summed E-state index contributed by atoms with van der Waals surface area (Å²) < 4.78 is 11.0. The minimum Gasteiger partial charge on any atom is -0.543 e. The average molecular weight is 519 g/mol. The van der Waals surface area contributed by atoms with Crippen LogP contribution in [0.3, 0.4) is 0 Å². The molecule has 2 atom stereocenters. The number of benzene rings is 2. The molecule has 11 heteroatoms. The molecule has 2 amide bonds. The van der Waals surface area contributed by atoms with Crippen LogP contribution < -0.4 is 40.0 Å². The molecule has 0 saturated carbocycles. The number of esters is 1. The molecule has 2 aliphatic rings. The van der Waals surface area contributed by atoms with Gasteiger partial charge in [-0.15, -0.1) is 11.8 Å². The largest absolute Gasteiger partial charge is 1.00 e. The number of amides is 2. The number of thioether (sulfide) groups is 1. The molecular weight excluding hydrogens is 495 g/mol. The third-order valence-corrected chi connectivity index (χ3v) is 6.97. The van der Waals surface area contributed by atoms with Gasteiger partial charge in [0.1, 0.15) is 12.0 Å². The molecule has 2 aromatic carbocycles. The Kier molecular flexibility index (Phi) is 9.37. The Morgan fingerprint density at radius 3 is 2.25 bits per heavy atom. The molecule has 0 radical (unpaired) electrons. The number of ether oxygens (including phenoxy) is 2. The normalized spacial score (nSPS) is 20.5. The summed E-state index contributed by atoms with van der Waals surface area (Å²) in [6, 6.07) is 18.1.